The van der Waals surface area contributed by atoms with Crippen LogP contribution in [0.15, 0.2) is 18.3 Å². The summed E-state index contributed by atoms with van der Waals surface area (Å²) in [5.74, 6) is 1.58. The molecule has 0 N–H and O–H groups in total. The number of rotatable bonds is 3. The molecule has 0 radical (unpaired) electrons. The Kier molecular flexibility index (Phi) is 4.24. The Morgan fingerprint density at radius 3 is 3.12 bits per heavy atom. The number of halogens is 1. The average Bonchev–Trinajstić information content (AvgIpc) is 2.38. The van der Waals surface area contributed by atoms with Crippen LogP contribution >= 0.6 is 11.6 Å². The van der Waals surface area contributed by atoms with Crippen molar-refractivity contribution in [1.29, 1.82) is 0 Å². The van der Waals surface area contributed by atoms with Crippen molar-refractivity contribution in [1.82, 2.24) is 9.88 Å². The first-order valence-corrected chi connectivity index (χ1v) is 6.66. The van der Waals surface area contributed by atoms with E-state index in [0.29, 0.717) is 11.9 Å². The Morgan fingerprint density at radius 2 is 2.41 bits per heavy atom. The van der Waals surface area contributed by atoms with Crippen LogP contribution in [0.3, 0.4) is 0 Å². The summed E-state index contributed by atoms with van der Waals surface area (Å²) in [6.07, 6.45) is 4.35. The van der Waals surface area contributed by atoms with E-state index in [-0.39, 0.29) is 0 Å². The fourth-order valence-corrected chi connectivity index (χ4v) is 2.55. The molecule has 0 saturated carbocycles. The van der Waals surface area contributed by atoms with Crippen molar-refractivity contribution in [2.45, 2.75) is 24.8 Å². The van der Waals surface area contributed by atoms with E-state index >= 15 is 0 Å². The monoisotopic (exact) mass is 253 g/mol. The van der Waals surface area contributed by atoms with Gasteiger partial charge in [0.25, 0.3) is 0 Å². The summed E-state index contributed by atoms with van der Waals surface area (Å²) in [6.45, 7) is 2.32. The summed E-state index contributed by atoms with van der Waals surface area (Å²) in [7, 11) is 4.31. The van der Waals surface area contributed by atoms with Crippen molar-refractivity contribution in [3.05, 3.63) is 23.9 Å². The Hall–Kier alpha value is -0.800. The van der Waals surface area contributed by atoms with E-state index in [1.807, 2.05) is 12.3 Å². The van der Waals surface area contributed by atoms with E-state index in [2.05, 4.69) is 34.9 Å². The zero-order valence-electron chi connectivity index (χ0n) is 10.6. The van der Waals surface area contributed by atoms with E-state index in [0.717, 1.165) is 17.9 Å². The van der Waals surface area contributed by atoms with Crippen molar-refractivity contribution < 1.29 is 0 Å². The number of likely N-dealkylation sites (tertiary alicyclic amines) is 1. The molecule has 0 amide bonds. The van der Waals surface area contributed by atoms with Gasteiger partial charge in [0.15, 0.2) is 0 Å². The zero-order valence-corrected chi connectivity index (χ0v) is 11.3. The summed E-state index contributed by atoms with van der Waals surface area (Å²) in [6, 6.07) is 4.62. The van der Waals surface area contributed by atoms with Crippen molar-refractivity contribution in [2.24, 2.45) is 0 Å². The lowest BCUT2D eigenvalue weighted by Crippen LogP contribution is -2.45. The highest BCUT2D eigenvalue weighted by molar-refractivity contribution is 6.17. The van der Waals surface area contributed by atoms with Gasteiger partial charge in [-0.25, -0.2) is 4.98 Å². The quantitative estimate of drug-likeness (QED) is 0.771. The molecular formula is C13H20ClN3. The molecule has 1 fully saturated rings. The molecule has 0 aliphatic carbocycles. The molecule has 3 nitrogen and oxygen atoms in total. The van der Waals surface area contributed by atoms with Gasteiger partial charge in [0.2, 0.25) is 0 Å². The lowest BCUT2D eigenvalue weighted by Gasteiger charge is -2.36. The molecule has 0 spiro atoms. The predicted molar refractivity (Wildman–Crippen MR) is 72.7 cm³/mol. The molecule has 1 saturated heterocycles. The number of aromatic nitrogens is 1. The molecule has 4 heteroatoms. The number of nitrogens with zero attached hydrogens (tertiary/aromatic N) is 3. The van der Waals surface area contributed by atoms with Gasteiger partial charge in [-0.2, -0.15) is 0 Å². The van der Waals surface area contributed by atoms with Gasteiger partial charge in [-0.15, -0.1) is 11.6 Å². The number of hydrogen-bond donors (Lipinski definition) is 0. The highest BCUT2D eigenvalue weighted by atomic mass is 35.5. The smallest absolute Gasteiger partial charge is 0.128 e. The minimum atomic E-state index is 0.550. The first-order valence-electron chi connectivity index (χ1n) is 6.13. The maximum Gasteiger partial charge on any atom is 0.128 e. The van der Waals surface area contributed by atoms with Gasteiger partial charge in [-0.05, 0) is 44.1 Å². The van der Waals surface area contributed by atoms with Crippen LogP contribution in [0.25, 0.3) is 0 Å². The average molecular weight is 254 g/mol. The fraction of sp³-hybridized carbons (Fsp3) is 0.615. The first kappa shape index (κ1) is 12.7. The Bertz CT molecular complexity index is 369. The molecule has 2 rings (SSSR count). The van der Waals surface area contributed by atoms with E-state index in [4.69, 9.17) is 11.6 Å². The van der Waals surface area contributed by atoms with Gasteiger partial charge in [-0.1, -0.05) is 0 Å². The minimum Gasteiger partial charge on any atom is -0.355 e. The number of piperidine rings is 1. The van der Waals surface area contributed by atoms with E-state index in [1.165, 1.54) is 19.4 Å². The Labute approximate surface area is 108 Å². The molecular weight excluding hydrogens is 234 g/mol. The summed E-state index contributed by atoms with van der Waals surface area (Å²) in [4.78, 5) is 9.10. The SMILES string of the molecule is CN1CCCC(N(C)c2cc(CCl)ccn2)C1. The first-order chi connectivity index (χ1) is 8.20. The molecule has 94 valence electrons. The van der Waals surface area contributed by atoms with Crippen LogP contribution in [0.2, 0.25) is 0 Å². The maximum atomic E-state index is 5.86. The van der Waals surface area contributed by atoms with Crippen LogP contribution < -0.4 is 4.90 Å². The van der Waals surface area contributed by atoms with Gasteiger partial charge in [-0.3, -0.25) is 0 Å². The molecule has 1 aromatic rings. The number of alkyl halides is 1. The zero-order chi connectivity index (χ0) is 12.3. The van der Waals surface area contributed by atoms with Crippen LogP contribution in [0.1, 0.15) is 18.4 Å². The standard InChI is InChI=1S/C13H20ClN3/c1-16-7-3-4-12(10-16)17(2)13-8-11(9-14)5-6-15-13/h5-6,8,12H,3-4,7,9-10H2,1-2H3. The van der Waals surface area contributed by atoms with Crippen molar-refractivity contribution in [3.63, 3.8) is 0 Å². The van der Waals surface area contributed by atoms with Gasteiger partial charge in [0, 0.05) is 31.7 Å². The Balaban J connectivity index is 2.09. The number of pyridine rings is 1. The second-order valence-corrected chi connectivity index (χ2v) is 5.09. The van der Waals surface area contributed by atoms with Crippen molar-refractivity contribution in [3.8, 4) is 0 Å². The molecule has 0 bridgehead atoms. The predicted octanol–water partition coefficient (Wildman–Crippen LogP) is 2.35. The summed E-state index contributed by atoms with van der Waals surface area (Å²) >= 11 is 5.86. The molecule has 0 aromatic carbocycles. The third kappa shape index (κ3) is 3.11. The molecule has 1 aromatic heterocycles. The summed E-state index contributed by atoms with van der Waals surface area (Å²) in [5.41, 5.74) is 1.13. The van der Waals surface area contributed by atoms with Crippen LogP contribution in [0.5, 0.6) is 0 Å². The fourth-order valence-electron chi connectivity index (χ4n) is 2.38. The third-order valence-electron chi connectivity index (χ3n) is 3.47. The highest BCUT2D eigenvalue weighted by Crippen LogP contribution is 2.20. The van der Waals surface area contributed by atoms with Gasteiger partial charge in [0.05, 0.1) is 0 Å². The van der Waals surface area contributed by atoms with E-state index in [9.17, 15) is 0 Å². The summed E-state index contributed by atoms with van der Waals surface area (Å²) < 4.78 is 0. The second kappa shape index (κ2) is 5.69. The number of hydrogen-bond acceptors (Lipinski definition) is 3. The van der Waals surface area contributed by atoms with Gasteiger partial charge in [0.1, 0.15) is 5.82 Å². The lowest BCUT2D eigenvalue weighted by molar-refractivity contribution is 0.247. The second-order valence-electron chi connectivity index (χ2n) is 4.83. The van der Waals surface area contributed by atoms with Crippen LogP contribution in [0.4, 0.5) is 5.82 Å². The molecule has 17 heavy (non-hydrogen) atoms. The van der Waals surface area contributed by atoms with Crippen LogP contribution in [-0.4, -0.2) is 43.1 Å². The number of anilines is 1. The van der Waals surface area contributed by atoms with E-state index < -0.39 is 0 Å². The van der Waals surface area contributed by atoms with Crippen molar-refractivity contribution in [2.75, 3.05) is 32.1 Å². The maximum absolute atomic E-state index is 5.86. The minimum absolute atomic E-state index is 0.550. The van der Waals surface area contributed by atoms with E-state index in [1.54, 1.807) is 0 Å². The third-order valence-corrected chi connectivity index (χ3v) is 3.78. The normalized spacial score (nSPS) is 21.5. The van der Waals surface area contributed by atoms with Gasteiger partial charge < -0.3 is 9.80 Å². The molecule has 2 heterocycles. The van der Waals surface area contributed by atoms with Crippen molar-refractivity contribution >= 4 is 17.4 Å². The summed E-state index contributed by atoms with van der Waals surface area (Å²) in [5, 5.41) is 0. The molecule has 1 atom stereocenters. The molecule has 1 unspecified atom stereocenters. The van der Waals surface area contributed by atoms with Crippen LogP contribution in [-0.2, 0) is 5.88 Å². The molecule has 1 aliphatic rings. The van der Waals surface area contributed by atoms with Crippen LogP contribution in [0, 0.1) is 0 Å². The topological polar surface area (TPSA) is 19.4 Å². The largest absolute Gasteiger partial charge is 0.355 e. The highest BCUT2D eigenvalue weighted by Gasteiger charge is 2.21. The van der Waals surface area contributed by atoms with Gasteiger partial charge >= 0.3 is 0 Å². The molecule has 1 aliphatic heterocycles. The number of likely N-dealkylation sites (N-methyl/N-ethyl adjacent to an activating group) is 2. The lowest BCUT2D eigenvalue weighted by atomic mass is 10.1. The Morgan fingerprint density at radius 1 is 1.59 bits per heavy atom.